The molecule has 0 bridgehead atoms. The second-order valence-electron chi connectivity index (χ2n) is 5.31. The predicted molar refractivity (Wildman–Crippen MR) is 69.6 cm³/mol. The monoisotopic (exact) mass is 244 g/mol. The number of hydrogen-bond donors (Lipinski definition) is 2. The second kappa shape index (κ2) is 7.31. The van der Waals surface area contributed by atoms with Crippen molar-refractivity contribution in [3.63, 3.8) is 0 Å². The van der Waals surface area contributed by atoms with E-state index < -0.39 is 0 Å². The van der Waals surface area contributed by atoms with Gasteiger partial charge in [0.1, 0.15) is 0 Å². The van der Waals surface area contributed by atoms with Gasteiger partial charge < -0.3 is 9.47 Å². The van der Waals surface area contributed by atoms with Crippen molar-refractivity contribution in [1.82, 2.24) is 5.43 Å². The van der Waals surface area contributed by atoms with Crippen LogP contribution in [0.4, 0.5) is 0 Å². The lowest BCUT2D eigenvalue weighted by Gasteiger charge is -2.43. The van der Waals surface area contributed by atoms with Gasteiger partial charge in [0.05, 0.1) is 11.6 Å². The van der Waals surface area contributed by atoms with Gasteiger partial charge in [-0.2, -0.15) is 0 Å². The van der Waals surface area contributed by atoms with Crippen molar-refractivity contribution in [2.75, 3.05) is 20.8 Å². The molecule has 17 heavy (non-hydrogen) atoms. The molecule has 1 atom stereocenters. The van der Waals surface area contributed by atoms with Crippen LogP contribution in [0, 0.1) is 5.92 Å². The standard InChI is InChI=1S/C13H28N2O2/c1-11-6-8-13(17-3,9-7-11)12(15-14)5-4-10-16-2/h11-12,15H,4-10,14H2,1-3H3. The third-order valence-corrected chi connectivity index (χ3v) is 4.20. The maximum absolute atomic E-state index is 5.83. The van der Waals surface area contributed by atoms with Crippen LogP contribution in [0.25, 0.3) is 0 Å². The van der Waals surface area contributed by atoms with Crippen LogP contribution in [0.3, 0.4) is 0 Å². The van der Waals surface area contributed by atoms with Crippen LogP contribution in [0.2, 0.25) is 0 Å². The van der Waals surface area contributed by atoms with Crippen LogP contribution in [0.1, 0.15) is 45.4 Å². The van der Waals surface area contributed by atoms with E-state index >= 15 is 0 Å². The van der Waals surface area contributed by atoms with E-state index in [-0.39, 0.29) is 11.6 Å². The Morgan fingerprint density at radius 2 is 2.00 bits per heavy atom. The molecular formula is C13H28N2O2. The van der Waals surface area contributed by atoms with Gasteiger partial charge in [-0.15, -0.1) is 0 Å². The van der Waals surface area contributed by atoms with E-state index in [4.69, 9.17) is 15.3 Å². The smallest absolute Gasteiger partial charge is 0.0844 e. The van der Waals surface area contributed by atoms with Crippen LogP contribution in [-0.4, -0.2) is 32.5 Å². The summed E-state index contributed by atoms with van der Waals surface area (Å²) in [6, 6.07) is 0.232. The molecule has 1 rings (SSSR count). The summed E-state index contributed by atoms with van der Waals surface area (Å²) in [7, 11) is 3.55. The minimum absolute atomic E-state index is 0.0744. The number of rotatable bonds is 7. The molecule has 0 aromatic rings. The molecule has 0 aromatic heterocycles. The number of ether oxygens (including phenoxy) is 2. The fraction of sp³-hybridized carbons (Fsp3) is 1.00. The van der Waals surface area contributed by atoms with Gasteiger partial charge >= 0.3 is 0 Å². The molecule has 1 aliphatic rings. The minimum Gasteiger partial charge on any atom is -0.385 e. The fourth-order valence-electron chi connectivity index (χ4n) is 2.88. The van der Waals surface area contributed by atoms with E-state index in [2.05, 4.69) is 12.3 Å². The Morgan fingerprint density at radius 1 is 1.35 bits per heavy atom. The normalized spacial score (nSPS) is 31.4. The van der Waals surface area contributed by atoms with Gasteiger partial charge in [0, 0.05) is 20.8 Å². The van der Waals surface area contributed by atoms with E-state index in [1.807, 2.05) is 7.11 Å². The van der Waals surface area contributed by atoms with E-state index in [0.717, 1.165) is 38.2 Å². The summed E-state index contributed by atoms with van der Waals surface area (Å²) in [6.07, 6.45) is 6.70. The minimum atomic E-state index is -0.0744. The van der Waals surface area contributed by atoms with Crippen molar-refractivity contribution < 1.29 is 9.47 Å². The van der Waals surface area contributed by atoms with Crippen molar-refractivity contribution in [3.05, 3.63) is 0 Å². The molecule has 0 radical (unpaired) electrons. The highest BCUT2D eigenvalue weighted by Gasteiger charge is 2.40. The number of nitrogens with one attached hydrogen (secondary N) is 1. The van der Waals surface area contributed by atoms with Gasteiger partial charge in [-0.25, -0.2) is 0 Å². The Hall–Kier alpha value is -0.160. The zero-order valence-electron chi connectivity index (χ0n) is 11.5. The van der Waals surface area contributed by atoms with Gasteiger partial charge in [0.25, 0.3) is 0 Å². The third-order valence-electron chi connectivity index (χ3n) is 4.20. The molecule has 1 aliphatic carbocycles. The third kappa shape index (κ3) is 3.91. The predicted octanol–water partition coefficient (Wildman–Crippen LogP) is 1.84. The molecule has 0 aromatic carbocycles. The average molecular weight is 244 g/mol. The molecular weight excluding hydrogens is 216 g/mol. The van der Waals surface area contributed by atoms with Crippen molar-refractivity contribution in [2.45, 2.75) is 57.1 Å². The first-order valence-electron chi connectivity index (χ1n) is 6.68. The largest absolute Gasteiger partial charge is 0.385 e. The van der Waals surface area contributed by atoms with E-state index in [1.54, 1.807) is 7.11 Å². The maximum atomic E-state index is 5.83. The maximum Gasteiger partial charge on any atom is 0.0844 e. The zero-order valence-corrected chi connectivity index (χ0v) is 11.5. The lowest BCUT2D eigenvalue weighted by atomic mass is 9.74. The number of hydrazine groups is 1. The molecule has 1 saturated carbocycles. The molecule has 4 nitrogen and oxygen atoms in total. The Kier molecular flexibility index (Phi) is 6.41. The van der Waals surface area contributed by atoms with Gasteiger partial charge in [-0.05, 0) is 44.4 Å². The van der Waals surface area contributed by atoms with Gasteiger partial charge in [0.15, 0.2) is 0 Å². The van der Waals surface area contributed by atoms with Gasteiger partial charge in [-0.3, -0.25) is 11.3 Å². The molecule has 3 N–H and O–H groups in total. The highest BCUT2D eigenvalue weighted by atomic mass is 16.5. The first-order chi connectivity index (χ1) is 8.18. The van der Waals surface area contributed by atoms with E-state index in [9.17, 15) is 0 Å². The summed E-state index contributed by atoms with van der Waals surface area (Å²) in [6.45, 7) is 3.10. The fourth-order valence-corrected chi connectivity index (χ4v) is 2.88. The quantitative estimate of drug-likeness (QED) is 0.407. The Morgan fingerprint density at radius 3 is 2.47 bits per heavy atom. The second-order valence-corrected chi connectivity index (χ2v) is 5.31. The summed E-state index contributed by atoms with van der Waals surface area (Å²) in [4.78, 5) is 0. The summed E-state index contributed by atoms with van der Waals surface area (Å²) < 4.78 is 10.9. The van der Waals surface area contributed by atoms with Crippen molar-refractivity contribution in [1.29, 1.82) is 0 Å². The highest BCUT2D eigenvalue weighted by Crippen LogP contribution is 2.37. The molecule has 1 fully saturated rings. The molecule has 0 saturated heterocycles. The van der Waals surface area contributed by atoms with Crippen molar-refractivity contribution in [2.24, 2.45) is 11.8 Å². The highest BCUT2D eigenvalue weighted by molar-refractivity contribution is 4.95. The molecule has 0 aliphatic heterocycles. The summed E-state index contributed by atoms with van der Waals surface area (Å²) in [5.41, 5.74) is 2.88. The van der Waals surface area contributed by atoms with Crippen molar-refractivity contribution in [3.8, 4) is 0 Å². The molecule has 0 heterocycles. The van der Waals surface area contributed by atoms with Crippen LogP contribution < -0.4 is 11.3 Å². The Balaban J connectivity index is 2.55. The summed E-state index contributed by atoms with van der Waals surface area (Å²) >= 11 is 0. The first kappa shape index (κ1) is 14.9. The molecule has 0 amide bonds. The lowest BCUT2D eigenvalue weighted by Crippen LogP contribution is -2.56. The zero-order chi connectivity index (χ0) is 12.7. The average Bonchev–Trinajstić information content (AvgIpc) is 2.37. The number of nitrogens with two attached hydrogens (primary N) is 1. The summed E-state index contributed by atoms with van der Waals surface area (Å²) in [5, 5.41) is 0. The van der Waals surface area contributed by atoms with Crippen LogP contribution in [-0.2, 0) is 9.47 Å². The van der Waals surface area contributed by atoms with Crippen LogP contribution in [0.15, 0.2) is 0 Å². The number of hydrogen-bond acceptors (Lipinski definition) is 4. The van der Waals surface area contributed by atoms with Crippen LogP contribution in [0.5, 0.6) is 0 Å². The molecule has 0 spiro atoms. The SMILES string of the molecule is COCCCC(NN)C1(OC)CCC(C)CC1. The van der Waals surface area contributed by atoms with Gasteiger partial charge in [-0.1, -0.05) is 6.92 Å². The van der Waals surface area contributed by atoms with E-state index in [0.29, 0.717) is 0 Å². The Labute approximate surface area is 105 Å². The summed E-state index contributed by atoms with van der Waals surface area (Å²) in [5.74, 6) is 6.53. The van der Waals surface area contributed by atoms with Crippen LogP contribution >= 0.6 is 0 Å². The molecule has 102 valence electrons. The molecule has 1 unspecified atom stereocenters. The van der Waals surface area contributed by atoms with Crippen molar-refractivity contribution >= 4 is 0 Å². The number of methoxy groups -OCH3 is 2. The first-order valence-corrected chi connectivity index (χ1v) is 6.68. The lowest BCUT2D eigenvalue weighted by molar-refractivity contribution is -0.0776. The van der Waals surface area contributed by atoms with E-state index in [1.165, 1.54) is 12.8 Å². The Bertz CT molecular complexity index is 204. The topological polar surface area (TPSA) is 56.5 Å². The molecule has 4 heteroatoms. The van der Waals surface area contributed by atoms with Gasteiger partial charge in [0.2, 0.25) is 0 Å².